The first-order valence-electron chi connectivity index (χ1n) is 11.2. The first-order chi connectivity index (χ1) is 16.0. The lowest BCUT2D eigenvalue weighted by atomic mass is 10.0. The van der Waals surface area contributed by atoms with Crippen LogP contribution in [0.4, 0.5) is 10.6 Å². The Kier molecular flexibility index (Phi) is 6.00. The second-order valence-corrected chi connectivity index (χ2v) is 9.72. The van der Waals surface area contributed by atoms with Crippen molar-refractivity contribution in [2.75, 3.05) is 5.32 Å². The maximum absolute atomic E-state index is 13.1. The van der Waals surface area contributed by atoms with Crippen LogP contribution in [0.1, 0.15) is 74.8 Å². The number of anilines is 1. The highest BCUT2D eigenvalue weighted by Crippen LogP contribution is 2.40. The molecular formula is C25H28N6O3. The van der Waals surface area contributed by atoms with E-state index >= 15 is 0 Å². The second-order valence-electron chi connectivity index (χ2n) is 9.72. The minimum absolute atomic E-state index is 0.290. The predicted molar refractivity (Wildman–Crippen MR) is 126 cm³/mol. The van der Waals surface area contributed by atoms with Crippen molar-refractivity contribution in [2.24, 2.45) is 0 Å². The van der Waals surface area contributed by atoms with Gasteiger partial charge in [-0.1, -0.05) is 0 Å². The van der Waals surface area contributed by atoms with Crippen LogP contribution in [-0.2, 0) is 9.53 Å². The van der Waals surface area contributed by atoms with Crippen LogP contribution in [0.2, 0.25) is 0 Å². The lowest BCUT2D eigenvalue weighted by molar-refractivity contribution is -0.117. The van der Waals surface area contributed by atoms with E-state index in [0.29, 0.717) is 17.0 Å². The van der Waals surface area contributed by atoms with Gasteiger partial charge in [0.25, 0.3) is 0 Å². The molecule has 2 aromatic heterocycles. The van der Waals surface area contributed by atoms with E-state index in [1.54, 1.807) is 63.0 Å². The Bertz CT molecular complexity index is 1290. The number of aryl methyl sites for hydroxylation is 1. The maximum Gasteiger partial charge on any atom is 0.437 e. The van der Waals surface area contributed by atoms with Gasteiger partial charge in [0.05, 0.1) is 35.1 Å². The molecule has 9 nitrogen and oxygen atoms in total. The Hall–Kier alpha value is -3.93. The summed E-state index contributed by atoms with van der Waals surface area (Å²) in [7, 11) is 0. The van der Waals surface area contributed by atoms with Crippen LogP contribution in [0.3, 0.4) is 0 Å². The molecule has 1 saturated carbocycles. The average Bonchev–Trinajstić information content (AvgIpc) is 3.33. The van der Waals surface area contributed by atoms with Crippen LogP contribution in [0, 0.1) is 18.3 Å². The number of nitriles is 1. The Labute approximate surface area is 198 Å². The molecule has 1 amide bonds. The van der Waals surface area contributed by atoms with Crippen LogP contribution >= 0.6 is 0 Å². The summed E-state index contributed by atoms with van der Waals surface area (Å²) in [5.74, 6) is -0.241. The molecule has 176 valence electrons. The molecule has 9 heteroatoms. The third-order valence-corrected chi connectivity index (χ3v) is 5.49. The second kappa shape index (κ2) is 8.78. The van der Waals surface area contributed by atoms with Gasteiger partial charge in [-0.05, 0) is 71.2 Å². The SMILES string of the molecule is Cc1cc(C#N)cc(-n2cc(C(C)C(=O)Nc3cc(C4CC4)nn3C(=O)OC(C)(C)C)cn2)c1. The molecular weight excluding hydrogens is 432 g/mol. The number of amides is 1. The standard InChI is InChI=1S/C25H28N6O3/c1-15-8-17(12-26)10-20(9-15)30-14-19(13-27-30)16(2)23(32)28-22-11-21(18-6-7-18)29-31(22)24(33)34-25(3,4)5/h8-11,13-14,16,18H,6-7H2,1-5H3,(H,28,32). The van der Waals surface area contributed by atoms with E-state index in [2.05, 4.69) is 21.6 Å². The number of hydrogen-bond acceptors (Lipinski definition) is 6. The molecule has 3 aromatic rings. The number of carbonyl (C=O) groups excluding carboxylic acids is 2. The molecule has 1 atom stereocenters. The minimum atomic E-state index is -0.687. The van der Waals surface area contributed by atoms with E-state index in [-0.39, 0.29) is 11.7 Å². The van der Waals surface area contributed by atoms with Gasteiger partial charge in [-0.15, -0.1) is 4.68 Å². The van der Waals surface area contributed by atoms with Crippen molar-refractivity contribution >= 4 is 17.8 Å². The number of aromatic nitrogens is 4. The summed E-state index contributed by atoms with van der Waals surface area (Å²) in [5, 5.41) is 20.8. The number of rotatable bonds is 5. The monoisotopic (exact) mass is 460 g/mol. The van der Waals surface area contributed by atoms with Gasteiger partial charge >= 0.3 is 6.09 Å². The molecule has 2 heterocycles. The highest BCUT2D eigenvalue weighted by atomic mass is 16.6. The topological polar surface area (TPSA) is 115 Å². The van der Waals surface area contributed by atoms with Crippen molar-refractivity contribution in [3.8, 4) is 11.8 Å². The van der Waals surface area contributed by atoms with Crippen molar-refractivity contribution in [1.82, 2.24) is 19.6 Å². The van der Waals surface area contributed by atoms with E-state index < -0.39 is 17.6 Å². The number of nitrogens with zero attached hydrogens (tertiary/aromatic N) is 5. The third kappa shape index (κ3) is 5.17. The molecule has 34 heavy (non-hydrogen) atoms. The zero-order valence-corrected chi connectivity index (χ0v) is 20.0. The van der Waals surface area contributed by atoms with Crippen molar-refractivity contribution < 1.29 is 14.3 Å². The Morgan fingerprint density at radius 1 is 1.24 bits per heavy atom. The molecule has 1 N–H and O–H groups in total. The lowest BCUT2D eigenvalue weighted by Gasteiger charge is -2.20. The van der Waals surface area contributed by atoms with Gasteiger partial charge in [-0.25, -0.2) is 9.48 Å². The Morgan fingerprint density at radius 3 is 2.62 bits per heavy atom. The van der Waals surface area contributed by atoms with Gasteiger partial charge in [-0.3, -0.25) is 4.79 Å². The maximum atomic E-state index is 13.1. The van der Waals surface area contributed by atoms with E-state index in [9.17, 15) is 14.9 Å². The van der Waals surface area contributed by atoms with Crippen LogP contribution < -0.4 is 5.32 Å². The first kappa shape index (κ1) is 23.2. The molecule has 0 bridgehead atoms. The number of ether oxygens (including phenoxy) is 1. The first-order valence-corrected chi connectivity index (χ1v) is 11.2. The van der Waals surface area contributed by atoms with Gasteiger partial charge in [0.15, 0.2) is 0 Å². The van der Waals surface area contributed by atoms with E-state index in [0.717, 1.165) is 34.5 Å². The number of benzene rings is 1. The highest BCUT2D eigenvalue weighted by Gasteiger charge is 2.31. The van der Waals surface area contributed by atoms with Crippen molar-refractivity contribution in [3.63, 3.8) is 0 Å². The smallest absolute Gasteiger partial charge is 0.437 e. The van der Waals surface area contributed by atoms with Crippen LogP contribution in [0.5, 0.6) is 0 Å². The summed E-state index contributed by atoms with van der Waals surface area (Å²) < 4.78 is 8.23. The molecule has 0 radical (unpaired) electrons. The molecule has 1 aliphatic carbocycles. The summed E-state index contributed by atoms with van der Waals surface area (Å²) in [4.78, 5) is 25.8. The summed E-state index contributed by atoms with van der Waals surface area (Å²) in [6.45, 7) is 9.02. The fourth-order valence-corrected chi connectivity index (χ4v) is 3.56. The summed E-state index contributed by atoms with van der Waals surface area (Å²) >= 11 is 0. The van der Waals surface area contributed by atoms with Gasteiger partial charge in [0.2, 0.25) is 5.91 Å². The number of nitrogens with one attached hydrogen (secondary N) is 1. The molecule has 1 aromatic carbocycles. The molecule has 1 unspecified atom stereocenters. The van der Waals surface area contributed by atoms with Gasteiger partial charge in [-0.2, -0.15) is 15.5 Å². The summed E-state index contributed by atoms with van der Waals surface area (Å²) in [6.07, 6.45) is 4.78. The van der Waals surface area contributed by atoms with Crippen molar-refractivity contribution in [3.05, 3.63) is 59.0 Å². The summed E-state index contributed by atoms with van der Waals surface area (Å²) in [6, 6.07) is 9.35. The fourth-order valence-electron chi connectivity index (χ4n) is 3.56. The van der Waals surface area contributed by atoms with Crippen LogP contribution in [-0.4, -0.2) is 37.2 Å². The Morgan fingerprint density at radius 2 is 1.97 bits per heavy atom. The van der Waals surface area contributed by atoms with Crippen LogP contribution in [0.25, 0.3) is 5.69 Å². The largest absolute Gasteiger partial charge is 0.442 e. The minimum Gasteiger partial charge on any atom is -0.442 e. The average molecular weight is 461 g/mol. The zero-order chi connectivity index (χ0) is 24.6. The molecule has 1 fully saturated rings. The fraction of sp³-hybridized carbons (Fsp3) is 0.400. The van der Waals surface area contributed by atoms with Gasteiger partial charge in [0, 0.05) is 23.7 Å². The normalized spacial score (nSPS) is 14.4. The number of hydrogen-bond donors (Lipinski definition) is 1. The van der Waals surface area contributed by atoms with Crippen molar-refractivity contribution in [2.45, 2.75) is 64.9 Å². The highest BCUT2D eigenvalue weighted by molar-refractivity contribution is 5.96. The molecule has 4 rings (SSSR count). The van der Waals surface area contributed by atoms with Gasteiger partial charge in [0.1, 0.15) is 11.4 Å². The van der Waals surface area contributed by atoms with Crippen molar-refractivity contribution in [1.29, 1.82) is 5.26 Å². The zero-order valence-electron chi connectivity index (χ0n) is 20.0. The van der Waals surface area contributed by atoms with Crippen LogP contribution in [0.15, 0.2) is 36.7 Å². The Balaban J connectivity index is 1.54. The lowest BCUT2D eigenvalue weighted by Crippen LogP contribution is -2.29. The quantitative estimate of drug-likeness (QED) is 0.593. The molecule has 0 saturated heterocycles. The predicted octanol–water partition coefficient (Wildman–Crippen LogP) is 4.65. The van der Waals surface area contributed by atoms with Gasteiger partial charge < -0.3 is 10.1 Å². The third-order valence-electron chi connectivity index (χ3n) is 5.49. The molecule has 1 aliphatic rings. The van der Waals surface area contributed by atoms with E-state index in [4.69, 9.17) is 4.74 Å². The number of carbonyl (C=O) groups is 2. The summed E-state index contributed by atoms with van der Waals surface area (Å²) in [5.41, 5.74) is 3.01. The molecule has 0 spiro atoms. The van der Waals surface area contributed by atoms with E-state index in [1.807, 2.05) is 13.0 Å². The molecule has 0 aliphatic heterocycles. The van der Waals surface area contributed by atoms with E-state index in [1.165, 1.54) is 0 Å².